The Morgan fingerprint density at radius 2 is 1.64 bits per heavy atom. The largest absolute Gasteiger partial charge is 0.490 e. The standard InChI is InChI=1S/C17H20N3O16P3/c21-13-5-6-19(17(24)20(13)7-10-9-3-1-2-4-11(9)34-18-10)16-15(23)14(22)12(33-16)8-32-38(28,29)36-39(30,31)35-37(25,26)27/h1-6,12,14-16,22-23H,7-8H2,(H,28,29)(H,30,31)(H2,25,26,27)/t12-,14+,15+,16-/m1/s1. The Kier molecular flexibility index (Phi) is 8.29. The van der Waals surface area contributed by atoms with Gasteiger partial charge in [0.05, 0.1) is 13.2 Å². The molecule has 0 spiro atoms. The third-order valence-electron chi connectivity index (χ3n) is 5.28. The van der Waals surface area contributed by atoms with Gasteiger partial charge in [-0.15, -0.1) is 0 Å². The number of aromatic nitrogens is 3. The number of aliphatic hydroxyl groups is 2. The number of benzene rings is 1. The van der Waals surface area contributed by atoms with Gasteiger partial charge in [-0.05, 0) is 12.1 Å². The zero-order valence-corrected chi connectivity index (χ0v) is 21.8. The predicted octanol–water partition coefficient (Wildman–Crippen LogP) is -0.838. The number of hydrogen-bond donors (Lipinski definition) is 6. The fourth-order valence-corrected chi connectivity index (χ4v) is 6.67. The third kappa shape index (κ3) is 6.87. The van der Waals surface area contributed by atoms with E-state index in [1.165, 1.54) is 0 Å². The van der Waals surface area contributed by atoms with Crippen LogP contribution >= 0.6 is 23.5 Å². The van der Waals surface area contributed by atoms with E-state index in [2.05, 4.69) is 18.3 Å². The van der Waals surface area contributed by atoms with Crippen molar-refractivity contribution in [2.45, 2.75) is 31.1 Å². The average Bonchev–Trinajstić information content (AvgIpc) is 3.34. The normalized spacial score (nSPS) is 25.0. The lowest BCUT2D eigenvalue weighted by Crippen LogP contribution is -2.43. The van der Waals surface area contributed by atoms with Crippen molar-refractivity contribution in [3.05, 3.63) is 63.1 Å². The summed E-state index contributed by atoms with van der Waals surface area (Å²) in [6.07, 6.45) is -5.98. The Morgan fingerprint density at radius 3 is 2.33 bits per heavy atom. The quantitative estimate of drug-likeness (QED) is 0.152. The second-order valence-electron chi connectivity index (χ2n) is 7.99. The number of phosphoric ester groups is 1. The number of ether oxygens (including phenoxy) is 1. The van der Waals surface area contributed by atoms with E-state index in [1.54, 1.807) is 24.3 Å². The summed E-state index contributed by atoms with van der Waals surface area (Å²) < 4.78 is 57.7. The molecular weight excluding hydrogens is 595 g/mol. The molecule has 1 fully saturated rings. The van der Waals surface area contributed by atoms with Crippen molar-refractivity contribution in [2.75, 3.05) is 6.61 Å². The highest BCUT2D eigenvalue weighted by Gasteiger charge is 2.47. The summed E-state index contributed by atoms with van der Waals surface area (Å²) in [5.41, 5.74) is -1.06. The molecule has 1 aromatic carbocycles. The van der Waals surface area contributed by atoms with Crippen LogP contribution < -0.4 is 11.2 Å². The number of aliphatic hydroxyl groups excluding tert-OH is 2. The molecule has 2 unspecified atom stereocenters. The van der Waals surface area contributed by atoms with E-state index >= 15 is 0 Å². The first-order valence-corrected chi connectivity index (χ1v) is 15.0. The molecule has 0 saturated carbocycles. The molecule has 6 N–H and O–H groups in total. The van der Waals surface area contributed by atoms with Gasteiger partial charge in [-0.3, -0.25) is 18.5 Å². The van der Waals surface area contributed by atoms with Crippen LogP contribution in [0, 0.1) is 0 Å². The van der Waals surface area contributed by atoms with E-state index in [9.17, 15) is 43.3 Å². The summed E-state index contributed by atoms with van der Waals surface area (Å²) in [6, 6.07) is 7.66. The van der Waals surface area contributed by atoms with Gasteiger partial charge in [-0.25, -0.2) is 18.5 Å². The molecule has 214 valence electrons. The lowest BCUT2D eigenvalue weighted by molar-refractivity contribution is -0.0547. The molecule has 19 nitrogen and oxygen atoms in total. The van der Waals surface area contributed by atoms with Gasteiger partial charge < -0.3 is 39.0 Å². The van der Waals surface area contributed by atoms with Crippen LogP contribution in [0.25, 0.3) is 11.0 Å². The maximum Gasteiger partial charge on any atom is 0.490 e. The number of hydrogen-bond acceptors (Lipinski definition) is 13. The molecule has 0 aliphatic carbocycles. The maximum atomic E-state index is 13.1. The molecule has 0 radical (unpaired) electrons. The van der Waals surface area contributed by atoms with Crippen molar-refractivity contribution >= 4 is 34.4 Å². The monoisotopic (exact) mass is 615 g/mol. The predicted molar refractivity (Wildman–Crippen MR) is 124 cm³/mol. The first kappa shape index (κ1) is 29.6. The topological polar surface area (TPSA) is 280 Å². The molecule has 3 aromatic rings. The van der Waals surface area contributed by atoms with Gasteiger partial charge in [0.1, 0.15) is 24.0 Å². The lowest BCUT2D eigenvalue weighted by atomic mass is 10.1. The summed E-state index contributed by atoms with van der Waals surface area (Å²) in [5, 5.41) is 25.2. The molecule has 1 aliphatic rings. The highest BCUT2D eigenvalue weighted by atomic mass is 31.3. The Balaban J connectivity index is 1.50. The van der Waals surface area contributed by atoms with E-state index in [4.69, 9.17) is 19.0 Å². The van der Waals surface area contributed by atoms with Crippen LogP contribution in [0.2, 0.25) is 0 Å². The van der Waals surface area contributed by atoms with E-state index < -0.39 is 65.9 Å². The maximum absolute atomic E-state index is 13.1. The Hall–Kier alpha value is -2.34. The molecule has 39 heavy (non-hydrogen) atoms. The van der Waals surface area contributed by atoms with Crippen molar-refractivity contribution in [1.82, 2.24) is 14.3 Å². The smallest absolute Gasteiger partial charge is 0.387 e. The van der Waals surface area contributed by atoms with E-state index in [-0.39, 0.29) is 12.2 Å². The molecule has 2 aromatic heterocycles. The molecule has 3 heterocycles. The Morgan fingerprint density at radius 1 is 0.949 bits per heavy atom. The molecule has 1 saturated heterocycles. The molecular formula is C17H20N3O16P3. The first-order chi connectivity index (χ1) is 18.1. The highest BCUT2D eigenvalue weighted by Crippen LogP contribution is 2.66. The number of rotatable bonds is 10. The van der Waals surface area contributed by atoms with Gasteiger partial charge in [0.2, 0.25) is 0 Å². The van der Waals surface area contributed by atoms with Gasteiger partial charge in [-0.2, -0.15) is 8.62 Å². The van der Waals surface area contributed by atoms with E-state index in [0.29, 0.717) is 11.0 Å². The van der Waals surface area contributed by atoms with Crippen molar-refractivity contribution < 1.29 is 65.9 Å². The Labute approximate surface area is 215 Å². The van der Waals surface area contributed by atoms with Crippen LogP contribution in [0.4, 0.5) is 0 Å². The molecule has 4 rings (SSSR count). The summed E-state index contributed by atoms with van der Waals surface area (Å²) in [4.78, 5) is 61.5. The molecule has 0 bridgehead atoms. The van der Waals surface area contributed by atoms with Crippen LogP contribution in [0.3, 0.4) is 0 Å². The van der Waals surface area contributed by atoms with Crippen LogP contribution in [0.1, 0.15) is 11.9 Å². The highest BCUT2D eigenvalue weighted by molar-refractivity contribution is 7.66. The van der Waals surface area contributed by atoms with Gasteiger partial charge in [0.15, 0.2) is 11.8 Å². The van der Waals surface area contributed by atoms with Gasteiger partial charge >= 0.3 is 29.2 Å². The number of fused-ring (bicyclic) bond motifs is 1. The van der Waals surface area contributed by atoms with Crippen LogP contribution in [-0.2, 0) is 38.1 Å². The fourth-order valence-electron chi connectivity index (χ4n) is 3.64. The number of phosphoric acid groups is 3. The summed E-state index contributed by atoms with van der Waals surface area (Å²) in [5.74, 6) is 0. The SMILES string of the molecule is O=c1ccn([C@@H]2O[C@H](COP(=O)(O)OP(=O)(O)OP(=O)(O)O)[C@H](O)[C@@H]2O)c(=O)n1Cc1noc2ccccc12. The second-order valence-corrected chi connectivity index (χ2v) is 12.4. The minimum Gasteiger partial charge on any atom is -0.387 e. The van der Waals surface area contributed by atoms with E-state index in [0.717, 1.165) is 21.4 Å². The molecule has 0 amide bonds. The van der Waals surface area contributed by atoms with Crippen molar-refractivity contribution in [2.24, 2.45) is 0 Å². The summed E-state index contributed by atoms with van der Waals surface area (Å²) in [7, 11) is -16.9. The van der Waals surface area contributed by atoms with Crippen molar-refractivity contribution in [3.8, 4) is 0 Å². The molecule has 6 atom stereocenters. The van der Waals surface area contributed by atoms with Crippen LogP contribution in [0.5, 0.6) is 0 Å². The number of para-hydroxylation sites is 1. The van der Waals surface area contributed by atoms with Crippen LogP contribution in [0.15, 0.2) is 50.6 Å². The van der Waals surface area contributed by atoms with Crippen molar-refractivity contribution in [1.29, 1.82) is 0 Å². The third-order valence-corrected chi connectivity index (χ3v) is 9.09. The Bertz CT molecular complexity index is 1630. The summed E-state index contributed by atoms with van der Waals surface area (Å²) in [6.45, 7) is -1.41. The van der Waals surface area contributed by atoms with Gasteiger partial charge in [0, 0.05) is 17.6 Å². The lowest BCUT2D eigenvalue weighted by Gasteiger charge is -2.19. The zero-order valence-electron chi connectivity index (χ0n) is 19.1. The number of nitrogens with zero attached hydrogens (tertiary/aromatic N) is 3. The first-order valence-electron chi connectivity index (χ1n) is 10.5. The molecule has 22 heteroatoms. The van der Waals surface area contributed by atoms with Crippen LogP contribution in [-0.4, -0.2) is 69.0 Å². The van der Waals surface area contributed by atoms with Gasteiger partial charge in [-0.1, -0.05) is 17.3 Å². The summed E-state index contributed by atoms with van der Waals surface area (Å²) >= 11 is 0. The van der Waals surface area contributed by atoms with Gasteiger partial charge in [0.25, 0.3) is 5.56 Å². The van der Waals surface area contributed by atoms with Crippen molar-refractivity contribution in [3.63, 3.8) is 0 Å². The molecule has 1 aliphatic heterocycles. The fraction of sp³-hybridized carbons (Fsp3) is 0.353. The van der Waals surface area contributed by atoms with E-state index in [1.807, 2.05) is 0 Å². The zero-order chi connectivity index (χ0) is 28.8. The average molecular weight is 615 g/mol. The minimum atomic E-state index is -5.78. The minimum absolute atomic E-state index is 0.254. The second kappa shape index (κ2) is 10.9.